The molecular weight excluding hydrogens is 314 g/mol. The summed E-state index contributed by atoms with van der Waals surface area (Å²) in [4.78, 5) is 6.92. The molecule has 5 heteroatoms. The molecule has 25 heavy (non-hydrogen) atoms. The molecule has 146 valence electrons. The summed E-state index contributed by atoms with van der Waals surface area (Å²) in [5.74, 6) is 1.90. The average Bonchev–Trinajstić information content (AvgIpc) is 2.61. The lowest BCUT2D eigenvalue weighted by Gasteiger charge is -2.34. The van der Waals surface area contributed by atoms with Crippen molar-refractivity contribution in [1.29, 1.82) is 0 Å². The van der Waals surface area contributed by atoms with Crippen LogP contribution in [0.25, 0.3) is 0 Å². The van der Waals surface area contributed by atoms with E-state index in [-0.39, 0.29) is 0 Å². The highest BCUT2D eigenvalue weighted by atomic mass is 16.5. The fourth-order valence-electron chi connectivity index (χ4n) is 4.00. The quantitative estimate of drug-likeness (QED) is 0.433. The van der Waals surface area contributed by atoms with Crippen LogP contribution < -0.4 is 5.32 Å². The van der Waals surface area contributed by atoms with Crippen LogP contribution in [0.5, 0.6) is 0 Å². The molecule has 1 aliphatic carbocycles. The lowest BCUT2D eigenvalue weighted by Crippen LogP contribution is -2.48. The Morgan fingerprint density at radius 1 is 1.00 bits per heavy atom. The molecule has 0 aromatic carbocycles. The number of hydrogen-bond donors (Lipinski definition) is 1. The fraction of sp³-hybridized carbons (Fsp3) is 0.950. The van der Waals surface area contributed by atoms with Crippen molar-refractivity contribution in [2.75, 3.05) is 47.0 Å². The monoisotopic (exact) mass is 353 g/mol. The number of nitrogens with one attached hydrogen (secondary N) is 1. The summed E-state index contributed by atoms with van der Waals surface area (Å²) < 4.78 is 11.0. The van der Waals surface area contributed by atoms with Crippen molar-refractivity contribution in [1.82, 2.24) is 10.2 Å². The van der Waals surface area contributed by atoms with Gasteiger partial charge in [-0.1, -0.05) is 32.1 Å². The molecule has 0 bridgehead atoms. The number of piperidine rings is 1. The van der Waals surface area contributed by atoms with Gasteiger partial charge in [0.2, 0.25) is 0 Å². The van der Waals surface area contributed by atoms with E-state index in [1.54, 1.807) is 7.11 Å². The van der Waals surface area contributed by atoms with Gasteiger partial charge in [-0.3, -0.25) is 4.99 Å². The second-order valence-corrected chi connectivity index (χ2v) is 7.54. The Hall–Kier alpha value is -0.810. The molecule has 5 nitrogen and oxygen atoms in total. The first kappa shape index (κ1) is 20.5. The minimum atomic E-state index is 0.400. The molecule has 0 atom stereocenters. The van der Waals surface area contributed by atoms with Crippen molar-refractivity contribution in [2.24, 2.45) is 10.9 Å². The van der Waals surface area contributed by atoms with Gasteiger partial charge in [-0.25, -0.2) is 0 Å². The molecule has 0 unspecified atom stereocenters. The van der Waals surface area contributed by atoms with Gasteiger partial charge in [-0.2, -0.15) is 0 Å². The Balaban J connectivity index is 1.65. The summed E-state index contributed by atoms with van der Waals surface area (Å²) in [5.41, 5.74) is 0. The summed E-state index contributed by atoms with van der Waals surface area (Å²) >= 11 is 0. The van der Waals surface area contributed by atoms with Crippen molar-refractivity contribution < 1.29 is 9.47 Å². The maximum atomic E-state index is 5.96. The van der Waals surface area contributed by atoms with Crippen molar-refractivity contribution in [3.05, 3.63) is 0 Å². The molecule has 0 aromatic rings. The summed E-state index contributed by atoms with van der Waals surface area (Å²) in [6.07, 6.45) is 13.4. The third-order valence-corrected chi connectivity index (χ3v) is 5.57. The minimum absolute atomic E-state index is 0.400. The van der Waals surface area contributed by atoms with E-state index >= 15 is 0 Å². The van der Waals surface area contributed by atoms with Crippen LogP contribution in [0.2, 0.25) is 0 Å². The van der Waals surface area contributed by atoms with Crippen molar-refractivity contribution in [3.63, 3.8) is 0 Å². The smallest absolute Gasteiger partial charge is 0.193 e. The van der Waals surface area contributed by atoms with Crippen LogP contribution in [0.1, 0.15) is 64.2 Å². The number of aliphatic imine (C=N–C) groups is 1. The summed E-state index contributed by atoms with van der Waals surface area (Å²) in [6.45, 7) is 4.77. The van der Waals surface area contributed by atoms with Gasteiger partial charge in [0.1, 0.15) is 0 Å². The van der Waals surface area contributed by atoms with Crippen molar-refractivity contribution in [3.8, 4) is 0 Å². The summed E-state index contributed by atoms with van der Waals surface area (Å²) in [5, 5.41) is 3.65. The van der Waals surface area contributed by atoms with E-state index in [1.165, 1.54) is 44.9 Å². The molecule has 2 rings (SSSR count). The molecule has 1 saturated carbocycles. The Morgan fingerprint density at radius 2 is 1.68 bits per heavy atom. The lowest BCUT2D eigenvalue weighted by molar-refractivity contribution is 0.00987. The molecule has 2 aliphatic rings. The standard InChI is InChI=1S/C20H39N3O2/c1-21-20(22-17-18-9-6-4-3-5-7-10-18)23-13-11-19(12-14-23)25-16-8-15-24-2/h18-19H,3-17H2,1-2H3,(H,21,22). The van der Waals surface area contributed by atoms with Crippen LogP contribution >= 0.6 is 0 Å². The van der Waals surface area contributed by atoms with Crippen LogP contribution in [0.15, 0.2) is 4.99 Å². The number of guanidine groups is 1. The van der Waals surface area contributed by atoms with Crippen LogP contribution in [0.4, 0.5) is 0 Å². The summed E-state index contributed by atoms with van der Waals surface area (Å²) in [6, 6.07) is 0. The molecule has 2 fully saturated rings. The van der Waals surface area contributed by atoms with Gasteiger partial charge in [0.15, 0.2) is 5.96 Å². The van der Waals surface area contributed by atoms with E-state index < -0.39 is 0 Å². The fourth-order valence-corrected chi connectivity index (χ4v) is 4.00. The topological polar surface area (TPSA) is 46.1 Å². The third-order valence-electron chi connectivity index (χ3n) is 5.57. The Labute approximate surface area is 154 Å². The molecule has 0 radical (unpaired) electrons. The van der Waals surface area contributed by atoms with E-state index in [1.807, 2.05) is 7.05 Å². The van der Waals surface area contributed by atoms with Gasteiger partial charge in [-0.15, -0.1) is 0 Å². The first-order valence-electron chi connectivity index (χ1n) is 10.4. The Morgan fingerprint density at radius 3 is 2.32 bits per heavy atom. The number of methoxy groups -OCH3 is 1. The zero-order valence-corrected chi connectivity index (χ0v) is 16.5. The number of nitrogens with zero attached hydrogens (tertiary/aromatic N) is 2. The molecule has 1 N–H and O–H groups in total. The van der Waals surface area contributed by atoms with Gasteiger partial charge < -0.3 is 19.7 Å². The van der Waals surface area contributed by atoms with Crippen molar-refractivity contribution in [2.45, 2.75) is 70.3 Å². The number of hydrogen-bond acceptors (Lipinski definition) is 3. The third kappa shape index (κ3) is 7.95. The largest absolute Gasteiger partial charge is 0.385 e. The molecular formula is C20H39N3O2. The van der Waals surface area contributed by atoms with E-state index in [2.05, 4.69) is 15.2 Å². The summed E-state index contributed by atoms with van der Waals surface area (Å²) in [7, 11) is 3.65. The number of ether oxygens (including phenoxy) is 2. The molecule has 0 aromatic heterocycles. The van der Waals surface area contributed by atoms with Gasteiger partial charge in [0.25, 0.3) is 0 Å². The molecule has 1 saturated heterocycles. The normalized spacial score (nSPS) is 21.8. The highest BCUT2D eigenvalue weighted by Crippen LogP contribution is 2.22. The maximum Gasteiger partial charge on any atom is 0.193 e. The zero-order chi connectivity index (χ0) is 17.7. The minimum Gasteiger partial charge on any atom is -0.385 e. The van der Waals surface area contributed by atoms with E-state index in [0.29, 0.717) is 6.10 Å². The van der Waals surface area contributed by atoms with Crippen LogP contribution in [0.3, 0.4) is 0 Å². The van der Waals surface area contributed by atoms with Gasteiger partial charge in [-0.05, 0) is 38.0 Å². The van der Waals surface area contributed by atoms with Crippen LogP contribution in [-0.4, -0.2) is 64.0 Å². The second-order valence-electron chi connectivity index (χ2n) is 7.54. The van der Waals surface area contributed by atoms with Crippen LogP contribution in [-0.2, 0) is 9.47 Å². The van der Waals surface area contributed by atoms with Gasteiger partial charge in [0.05, 0.1) is 6.10 Å². The maximum absolute atomic E-state index is 5.96. The van der Waals surface area contributed by atoms with E-state index in [4.69, 9.17) is 9.47 Å². The Kier molecular flexibility index (Phi) is 10.3. The molecule has 0 spiro atoms. The van der Waals surface area contributed by atoms with Crippen molar-refractivity contribution >= 4 is 5.96 Å². The molecule has 0 amide bonds. The second kappa shape index (κ2) is 12.5. The van der Waals surface area contributed by atoms with E-state index in [0.717, 1.165) is 64.0 Å². The Bertz CT molecular complexity index is 360. The zero-order valence-electron chi connectivity index (χ0n) is 16.5. The number of likely N-dealkylation sites (tertiary alicyclic amines) is 1. The predicted molar refractivity (Wildman–Crippen MR) is 104 cm³/mol. The number of rotatable bonds is 7. The highest BCUT2D eigenvalue weighted by Gasteiger charge is 2.22. The van der Waals surface area contributed by atoms with Gasteiger partial charge in [0, 0.05) is 47.0 Å². The molecule has 1 heterocycles. The highest BCUT2D eigenvalue weighted by molar-refractivity contribution is 5.79. The predicted octanol–water partition coefficient (Wildman–Crippen LogP) is 3.44. The molecule has 1 aliphatic heterocycles. The lowest BCUT2D eigenvalue weighted by atomic mass is 9.91. The van der Waals surface area contributed by atoms with Gasteiger partial charge >= 0.3 is 0 Å². The SMILES string of the molecule is CN=C(NCC1CCCCCCC1)N1CCC(OCCCOC)CC1. The van der Waals surface area contributed by atoms with E-state index in [9.17, 15) is 0 Å². The average molecular weight is 354 g/mol. The van der Waals surface area contributed by atoms with Crippen LogP contribution in [0, 0.1) is 5.92 Å². The first-order valence-corrected chi connectivity index (χ1v) is 10.4. The first-order chi connectivity index (χ1) is 12.3.